The maximum atomic E-state index is 5.15. The summed E-state index contributed by atoms with van der Waals surface area (Å²) in [6, 6.07) is 5.72. The van der Waals surface area contributed by atoms with Crippen molar-refractivity contribution in [3.05, 3.63) is 26.6 Å². The average Bonchev–Trinajstić information content (AvgIpc) is 2.64. The number of benzene rings is 1. The van der Waals surface area contributed by atoms with Crippen molar-refractivity contribution in [2.45, 2.75) is 0 Å². The Bertz CT molecular complexity index is 503. The highest BCUT2D eigenvalue weighted by molar-refractivity contribution is 9.11. The van der Waals surface area contributed by atoms with Gasteiger partial charge in [-0.05, 0) is 50.1 Å². The number of anilines is 2. The minimum absolute atomic E-state index is 0.740. The Morgan fingerprint density at radius 2 is 2.12 bits per heavy atom. The first-order valence-corrected chi connectivity index (χ1v) is 6.69. The fraction of sp³-hybridized carbons (Fsp3) is 0.111. The summed E-state index contributed by atoms with van der Waals surface area (Å²) in [6.07, 6.45) is 0. The molecular weight excluding hydrogens is 358 g/mol. The van der Waals surface area contributed by atoms with Crippen molar-refractivity contribution in [2.24, 2.45) is 0 Å². The maximum Gasteiger partial charge on any atom is 0.210 e. The van der Waals surface area contributed by atoms with Crippen LogP contribution in [0.2, 0.25) is 0 Å². The van der Waals surface area contributed by atoms with E-state index in [9.17, 15) is 0 Å². The van der Waals surface area contributed by atoms with Crippen molar-refractivity contribution in [3.8, 4) is 5.75 Å². The van der Waals surface area contributed by atoms with Crippen LogP contribution in [0.4, 0.5) is 10.8 Å². The number of halogens is 2. The molecule has 7 heteroatoms. The van der Waals surface area contributed by atoms with Crippen molar-refractivity contribution in [1.82, 2.24) is 10.2 Å². The first-order chi connectivity index (χ1) is 7.69. The van der Waals surface area contributed by atoms with E-state index >= 15 is 0 Å². The van der Waals surface area contributed by atoms with Gasteiger partial charge in [-0.2, -0.15) is 0 Å². The van der Waals surface area contributed by atoms with Gasteiger partial charge < -0.3 is 10.1 Å². The van der Waals surface area contributed by atoms with Crippen LogP contribution in [-0.4, -0.2) is 17.3 Å². The van der Waals surface area contributed by atoms with Gasteiger partial charge in [-0.3, -0.25) is 0 Å². The second kappa shape index (κ2) is 5.11. The molecule has 1 heterocycles. The first-order valence-electron chi connectivity index (χ1n) is 4.28. The van der Waals surface area contributed by atoms with Gasteiger partial charge in [0.25, 0.3) is 0 Å². The summed E-state index contributed by atoms with van der Waals surface area (Å²) in [7, 11) is 1.63. The molecule has 0 spiro atoms. The van der Waals surface area contributed by atoms with Gasteiger partial charge in [-0.25, -0.2) is 0 Å². The molecule has 0 aliphatic rings. The molecule has 0 radical (unpaired) electrons. The van der Waals surface area contributed by atoms with Gasteiger partial charge in [0.1, 0.15) is 5.75 Å². The molecule has 16 heavy (non-hydrogen) atoms. The Morgan fingerprint density at radius 3 is 2.69 bits per heavy atom. The summed E-state index contributed by atoms with van der Waals surface area (Å²) in [6.45, 7) is 0. The smallest absolute Gasteiger partial charge is 0.210 e. The molecule has 0 fully saturated rings. The molecule has 84 valence electrons. The van der Waals surface area contributed by atoms with E-state index in [0.717, 1.165) is 25.0 Å². The second-order valence-corrected chi connectivity index (χ2v) is 5.94. The second-order valence-electron chi connectivity index (χ2n) is 2.83. The molecule has 1 N–H and O–H groups in total. The van der Waals surface area contributed by atoms with Gasteiger partial charge in [0.15, 0.2) is 3.92 Å². The zero-order chi connectivity index (χ0) is 11.5. The van der Waals surface area contributed by atoms with E-state index in [0.29, 0.717) is 0 Å². The number of methoxy groups -OCH3 is 1. The lowest BCUT2D eigenvalue weighted by molar-refractivity contribution is 0.412. The topological polar surface area (TPSA) is 47.0 Å². The standard InChI is InChI=1S/C9H7Br2N3OS/c1-15-7-3-2-5(4-6(7)10)12-9-14-13-8(11)16-9/h2-4H,1H3,(H,12,14). The van der Waals surface area contributed by atoms with Crippen LogP contribution < -0.4 is 10.1 Å². The van der Waals surface area contributed by atoms with Crippen LogP contribution in [0.25, 0.3) is 0 Å². The van der Waals surface area contributed by atoms with Gasteiger partial charge in [-0.1, -0.05) is 11.3 Å². The molecular formula is C9H7Br2N3OS. The SMILES string of the molecule is COc1ccc(Nc2nnc(Br)s2)cc1Br. The number of nitrogens with one attached hydrogen (secondary N) is 1. The third kappa shape index (κ3) is 2.72. The summed E-state index contributed by atoms with van der Waals surface area (Å²) in [5.41, 5.74) is 0.927. The largest absolute Gasteiger partial charge is 0.496 e. The van der Waals surface area contributed by atoms with E-state index in [2.05, 4.69) is 47.4 Å². The highest BCUT2D eigenvalue weighted by atomic mass is 79.9. The summed E-state index contributed by atoms with van der Waals surface area (Å²) in [4.78, 5) is 0. The molecule has 0 aliphatic heterocycles. The fourth-order valence-electron chi connectivity index (χ4n) is 1.12. The Hall–Kier alpha value is -0.660. The van der Waals surface area contributed by atoms with Crippen molar-refractivity contribution < 1.29 is 4.74 Å². The van der Waals surface area contributed by atoms with Gasteiger partial charge in [0.2, 0.25) is 5.13 Å². The fourth-order valence-corrected chi connectivity index (χ4v) is 2.70. The number of aromatic nitrogens is 2. The van der Waals surface area contributed by atoms with E-state index in [1.54, 1.807) is 7.11 Å². The lowest BCUT2D eigenvalue weighted by Crippen LogP contribution is -1.91. The summed E-state index contributed by atoms with van der Waals surface area (Å²) < 4.78 is 6.79. The Balaban J connectivity index is 2.19. The Kier molecular flexibility index (Phi) is 3.78. The van der Waals surface area contributed by atoms with Gasteiger partial charge in [0, 0.05) is 5.69 Å². The van der Waals surface area contributed by atoms with Crippen LogP contribution in [0.3, 0.4) is 0 Å². The summed E-state index contributed by atoms with van der Waals surface area (Å²) in [5, 5.41) is 11.7. The molecule has 2 aromatic rings. The number of hydrogen-bond acceptors (Lipinski definition) is 5. The lowest BCUT2D eigenvalue weighted by atomic mass is 10.3. The molecule has 4 nitrogen and oxygen atoms in total. The minimum atomic E-state index is 0.740. The minimum Gasteiger partial charge on any atom is -0.496 e. The van der Waals surface area contributed by atoms with Crippen molar-refractivity contribution >= 4 is 54.0 Å². The number of rotatable bonds is 3. The van der Waals surface area contributed by atoms with Gasteiger partial charge in [0.05, 0.1) is 11.6 Å². The molecule has 0 amide bonds. The summed E-state index contributed by atoms with van der Waals surface area (Å²) >= 11 is 8.11. The van der Waals surface area contributed by atoms with Crippen LogP contribution >= 0.6 is 43.2 Å². The molecule has 0 saturated carbocycles. The number of nitrogens with zero attached hydrogens (tertiary/aromatic N) is 2. The number of hydrogen-bond donors (Lipinski definition) is 1. The van der Waals surface area contributed by atoms with E-state index < -0.39 is 0 Å². The number of ether oxygens (including phenoxy) is 1. The van der Waals surface area contributed by atoms with Crippen LogP contribution in [0.1, 0.15) is 0 Å². The monoisotopic (exact) mass is 363 g/mol. The average molecular weight is 365 g/mol. The van der Waals surface area contributed by atoms with Crippen LogP contribution in [0.15, 0.2) is 26.6 Å². The Labute approximate surface area is 113 Å². The first kappa shape index (κ1) is 11.8. The highest BCUT2D eigenvalue weighted by Crippen LogP contribution is 2.30. The molecule has 0 aliphatic carbocycles. The molecule has 0 unspecified atom stereocenters. The van der Waals surface area contributed by atoms with E-state index in [4.69, 9.17) is 4.74 Å². The molecule has 0 bridgehead atoms. The Morgan fingerprint density at radius 1 is 1.31 bits per heavy atom. The third-order valence-electron chi connectivity index (χ3n) is 1.80. The van der Waals surface area contributed by atoms with Crippen molar-refractivity contribution in [1.29, 1.82) is 0 Å². The van der Waals surface area contributed by atoms with Gasteiger partial charge >= 0.3 is 0 Å². The van der Waals surface area contributed by atoms with Crippen LogP contribution in [0, 0.1) is 0 Å². The molecule has 2 rings (SSSR count). The maximum absolute atomic E-state index is 5.15. The van der Waals surface area contributed by atoms with Crippen LogP contribution in [0.5, 0.6) is 5.75 Å². The van der Waals surface area contributed by atoms with Crippen LogP contribution in [-0.2, 0) is 0 Å². The normalized spacial score (nSPS) is 10.2. The zero-order valence-electron chi connectivity index (χ0n) is 8.20. The molecule has 0 saturated heterocycles. The quantitative estimate of drug-likeness (QED) is 0.899. The van der Waals surface area contributed by atoms with Crippen molar-refractivity contribution in [3.63, 3.8) is 0 Å². The molecule has 0 atom stereocenters. The van der Waals surface area contributed by atoms with E-state index in [-0.39, 0.29) is 0 Å². The van der Waals surface area contributed by atoms with Crippen molar-refractivity contribution in [2.75, 3.05) is 12.4 Å². The third-order valence-corrected chi connectivity index (χ3v) is 3.69. The predicted molar refractivity (Wildman–Crippen MR) is 71.6 cm³/mol. The zero-order valence-corrected chi connectivity index (χ0v) is 12.2. The highest BCUT2D eigenvalue weighted by Gasteiger charge is 2.04. The lowest BCUT2D eigenvalue weighted by Gasteiger charge is -2.06. The van der Waals surface area contributed by atoms with E-state index in [1.807, 2.05) is 18.2 Å². The molecule has 1 aromatic carbocycles. The molecule has 1 aromatic heterocycles. The summed E-state index contributed by atoms with van der Waals surface area (Å²) in [5.74, 6) is 0.795. The van der Waals surface area contributed by atoms with Gasteiger partial charge in [-0.15, -0.1) is 10.2 Å². The predicted octanol–water partition coefficient (Wildman–Crippen LogP) is 3.82. The van der Waals surface area contributed by atoms with E-state index in [1.165, 1.54) is 11.3 Å².